The highest BCUT2D eigenvalue weighted by molar-refractivity contribution is 6.35. The Bertz CT molecular complexity index is 754. The highest BCUT2D eigenvalue weighted by Crippen LogP contribution is 2.34. The third kappa shape index (κ3) is 2.33. The first kappa shape index (κ1) is 13.2. The van der Waals surface area contributed by atoms with Crippen molar-refractivity contribution in [3.8, 4) is 11.1 Å². The lowest BCUT2D eigenvalue weighted by atomic mass is 10.0. The van der Waals surface area contributed by atoms with Crippen LogP contribution in [0.3, 0.4) is 0 Å². The van der Waals surface area contributed by atoms with Crippen molar-refractivity contribution in [1.29, 1.82) is 0 Å². The number of benzene rings is 2. The molecule has 1 aromatic heterocycles. The fourth-order valence-corrected chi connectivity index (χ4v) is 2.49. The Morgan fingerprint density at radius 3 is 2.35 bits per heavy atom. The maximum Gasteiger partial charge on any atom is 0.152 e. The van der Waals surface area contributed by atoms with E-state index in [1.807, 2.05) is 44.2 Å². The van der Waals surface area contributed by atoms with Gasteiger partial charge in [-0.15, -0.1) is 0 Å². The molecule has 3 rings (SSSR count). The Kier molecular flexibility index (Phi) is 3.08. The van der Waals surface area contributed by atoms with E-state index < -0.39 is 5.54 Å². The van der Waals surface area contributed by atoms with Gasteiger partial charge < -0.3 is 10.2 Å². The summed E-state index contributed by atoms with van der Waals surface area (Å²) < 4.78 is 5.80. The number of hydrogen-bond donors (Lipinski definition) is 1. The second-order valence-corrected chi connectivity index (χ2v) is 5.98. The number of fused-ring (bicyclic) bond motifs is 1. The van der Waals surface area contributed by atoms with Crippen LogP contribution >= 0.6 is 11.6 Å². The average molecular weight is 286 g/mol. The molecule has 2 N–H and O–H groups in total. The van der Waals surface area contributed by atoms with Crippen molar-refractivity contribution in [3.63, 3.8) is 0 Å². The lowest BCUT2D eigenvalue weighted by Crippen LogP contribution is -2.27. The summed E-state index contributed by atoms with van der Waals surface area (Å²) in [5.74, 6) is 0.736. The van der Waals surface area contributed by atoms with Crippen LogP contribution in [-0.2, 0) is 5.54 Å². The predicted octanol–water partition coefficient (Wildman–Crippen LogP) is 4.95. The van der Waals surface area contributed by atoms with Crippen molar-refractivity contribution in [2.75, 3.05) is 0 Å². The second-order valence-electron chi connectivity index (χ2n) is 5.57. The van der Waals surface area contributed by atoms with E-state index in [0.29, 0.717) is 10.6 Å². The van der Waals surface area contributed by atoms with Gasteiger partial charge in [-0.25, -0.2) is 0 Å². The van der Waals surface area contributed by atoms with Crippen LogP contribution in [-0.4, -0.2) is 0 Å². The van der Waals surface area contributed by atoms with Gasteiger partial charge in [0.2, 0.25) is 0 Å². The van der Waals surface area contributed by atoms with Crippen LogP contribution in [0.4, 0.5) is 0 Å². The standard InChI is InChI=1S/C17H16ClNO/c1-17(2,19)15-10-13-8-12(9-14(18)16(13)20-15)11-6-4-3-5-7-11/h3-10H,19H2,1-2H3. The van der Waals surface area contributed by atoms with E-state index in [1.165, 1.54) is 0 Å². The minimum Gasteiger partial charge on any atom is -0.458 e. The SMILES string of the molecule is CC(C)(N)c1cc2cc(-c3ccccc3)cc(Cl)c2o1. The molecule has 3 heteroatoms. The van der Waals surface area contributed by atoms with Gasteiger partial charge in [-0.3, -0.25) is 0 Å². The largest absolute Gasteiger partial charge is 0.458 e. The fourth-order valence-electron chi connectivity index (χ4n) is 2.23. The first-order valence-corrected chi connectivity index (χ1v) is 6.91. The molecule has 0 saturated heterocycles. The number of halogens is 1. The van der Waals surface area contributed by atoms with Crippen LogP contribution in [0.15, 0.2) is 52.9 Å². The van der Waals surface area contributed by atoms with Crippen LogP contribution in [0.2, 0.25) is 5.02 Å². The van der Waals surface area contributed by atoms with E-state index >= 15 is 0 Å². The molecule has 2 nitrogen and oxygen atoms in total. The van der Waals surface area contributed by atoms with Crippen LogP contribution in [0.1, 0.15) is 19.6 Å². The van der Waals surface area contributed by atoms with Gasteiger partial charge in [-0.05, 0) is 43.2 Å². The smallest absolute Gasteiger partial charge is 0.152 e. The van der Waals surface area contributed by atoms with Crippen LogP contribution in [0, 0.1) is 0 Å². The first-order chi connectivity index (χ1) is 9.45. The van der Waals surface area contributed by atoms with E-state index in [1.54, 1.807) is 0 Å². The zero-order chi connectivity index (χ0) is 14.3. The lowest BCUT2D eigenvalue weighted by Gasteiger charge is -2.13. The molecule has 0 saturated carbocycles. The van der Waals surface area contributed by atoms with E-state index in [2.05, 4.69) is 18.2 Å². The highest BCUT2D eigenvalue weighted by Gasteiger charge is 2.20. The Morgan fingerprint density at radius 1 is 1.00 bits per heavy atom. The molecule has 0 spiro atoms. The third-order valence-corrected chi connectivity index (χ3v) is 3.59. The van der Waals surface area contributed by atoms with E-state index in [-0.39, 0.29) is 0 Å². The van der Waals surface area contributed by atoms with E-state index in [0.717, 1.165) is 22.3 Å². The van der Waals surface area contributed by atoms with Crippen molar-refractivity contribution in [2.45, 2.75) is 19.4 Å². The topological polar surface area (TPSA) is 39.2 Å². The van der Waals surface area contributed by atoms with Crippen molar-refractivity contribution < 1.29 is 4.42 Å². The minimum absolute atomic E-state index is 0.519. The quantitative estimate of drug-likeness (QED) is 0.724. The normalized spacial score (nSPS) is 12.0. The zero-order valence-corrected chi connectivity index (χ0v) is 12.2. The number of furan rings is 1. The molecule has 102 valence electrons. The molecule has 0 atom stereocenters. The Balaban J connectivity index is 2.19. The molecule has 20 heavy (non-hydrogen) atoms. The average Bonchev–Trinajstić information content (AvgIpc) is 2.84. The molecule has 0 aliphatic rings. The molecule has 3 aromatic rings. The van der Waals surface area contributed by atoms with Gasteiger partial charge in [0.25, 0.3) is 0 Å². The molecule has 0 aliphatic heterocycles. The Labute approximate surface area is 123 Å². The van der Waals surface area contributed by atoms with Crippen molar-refractivity contribution in [3.05, 3.63) is 59.3 Å². The van der Waals surface area contributed by atoms with Gasteiger partial charge in [0.15, 0.2) is 5.58 Å². The minimum atomic E-state index is -0.519. The predicted molar refractivity (Wildman–Crippen MR) is 83.9 cm³/mol. The molecular weight excluding hydrogens is 270 g/mol. The molecule has 0 unspecified atom stereocenters. The monoisotopic (exact) mass is 285 g/mol. The summed E-state index contributed by atoms with van der Waals surface area (Å²) in [6.07, 6.45) is 0. The molecule has 0 bridgehead atoms. The van der Waals surface area contributed by atoms with Crippen LogP contribution < -0.4 is 5.73 Å². The van der Waals surface area contributed by atoms with Gasteiger partial charge >= 0.3 is 0 Å². The number of nitrogens with two attached hydrogens (primary N) is 1. The maximum atomic E-state index is 6.34. The van der Waals surface area contributed by atoms with Gasteiger partial charge in [0, 0.05) is 5.39 Å². The summed E-state index contributed by atoms with van der Waals surface area (Å²) in [6.45, 7) is 3.83. The molecule has 2 aromatic carbocycles. The van der Waals surface area contributed by atoms with Crippen molar-refractivity contribution >= 4 is 22.6 Å². The molecular formula is C17H16ClNO. The molecule has 0 fully saturated rings. The fraction of sp³-hybridized carbons (Fsp3) is 0.176. The van der Waals surface area contributed by atoms with E-state index in [4.69, 9.17) is 21.8 Å². The van der Waals surface area contributed by atoms with Crippen LogP contribution in [0.25, 0.3) is 22.1 Å². The zero-order valence-electron chi connectivity index (χ0n) is 11.5. The highest BCUT2D eigenvalue weighted by atomic mass is 35.5. The number of hydrogen-bond acceptors (Lipinski definition) is 2. The number of rotatable bonds is 2. The summed E-state index contributed by atoms with van der Waals surface area (Å²) in [5, 5.41) is 1.58. The van der Waals surface area contributed by atoms with Gasteiger partial charge in [-0.2, -0.15) is 0 Å². The molecule has 0 aliphatic carbocycles. The van der Waals surface area contributed by atoms with Gasteiger partial charge in [0.05, 0.1) is 10.6 Å². The molecule has 0 radical (unpaired) electrons. The maximum absolute atomic E-state index is 6.34. The Hall–Kier alpha value is -1.77. The van der Waals surface area contributed by atoms with E-state index in [9.17, 15) is 0 Å². The Morgan fingerprint density at radius 2 is 1.70 bits per heavy atom. The van der Waals surface area contributed by atoms with Crippen molar-refractivity contribution in [2.24, 2.45) is 5.73 Å². The lowest BCUT2D eigenvalue weighted by molar-refractivity contribution is 0.413. The van der Waals surface area contributed by atoms with Crippen molar-refractivity contribution in [1.82, 2.24) is 0 Å². The van der Waals surface area contributed by atoms with Crippen LogP contribution in [0.5, 0.6) is 0 Å². The summed E-state index contributed by atoms with van der Waals surface area (Å²) in [7, 11) is 0. The molecule has 1 heterocycles. The summed E-state index contributed by atoms with van der Waals surface area (Å²) in [6, 6.07) is 16.1. The second kappa shape index (κ2) is 4.65. The third-order valence-electron chi connectivity index (χ3n) is 3.31. The van der Waals surface area contributed by atoms with Gasteiger partial charge in [0.1, 0.15) is 5.76 Å². The molecule has 0 amide bonds. The van der Waals surface area contributed by atoms with Gasteiger partial charge in [-0.1, -0.05) is 41.9 Å². The summed E-state index contributed by atoms with van der Waals surface area (Å²) in [4.78, 5) is 0. The summed E-state index contributed by atoms with van der Waals surface area (Å²) >= 11 is 6.34. The summed E-state index contributed by atoms with van der Waals surface area (Å²) in [5.41, 5.74) is 8.46. The first-order valence-electron chi connectivity index (χ1n) is 6.53.